The number of nitrogens with zero attached hydrogens (tertiary/aromatic N) is 1. The molecule has 0 unspecified atom stereocenters. The van der Waals surface area contributed by atoms with Gasteiger partial charge in [0.05, 0.1) is 0 Å². The largest absolute Gasteiger partial charge is 0.384 e. The molecule has 1 saturated carbocycles. The van der Waals surface area contributed by atoms with Crippen LogP contribution in [0.1, 0.15) is 43.9 Å². The maximum atomic E-state index is 5.61. The van der Waals surface area contributed by atoms with Gasteiger partial charge < -0.3 is 5.73 Å². The summed E-state index contributed by atoms with van der Waals surface area (Å²) in [5.41, 5.74) is 8.02. The van der Waals surface area contributed by atoms with Crippen LogP contribution in [-0.2, 0) is 0 Å². The molecule has 0 aromatic carbocycles. The summed E-state index contributed by atoms with van der Waals surface area (Å²) in [5, 5.41) is 0. The molecule has 2 heteroatoms. The molecule has 2 N–H and O–H groups in total. The zero-order valence-electron chi connectivity index (χ0n) is 8.67. The number of aromatic nitrogens is 1. The highest BCUT2D eigenvalue weighted by molar-refractivity contribution is 5.36. The summed E-state index contributed by atoms with van der Waals surface area (Å²) in [4.78, 5) is 4.27. The van der Waals surface area contributed by atoms with E-state index in [9.17, 15) is 0 Å². The fourth-order valence-electron chi connectivity index (χ4n) is 1.31. The highest BCUT2D eigenvalue weighted by Gasteiger charge is 2.24. The third kappa shape index (κ3) is 2.72. The van der Waals surface area contributed by atoms with E-state index in [2.05, 4.69) is 18.0 Å². The summed E-state index contributed by atoms with van der Waals surface area (Å²) in [6.45, 7) is 6.06. The molecule has 0 aliphatic heterocycles. The Morgan fingerprint density at radius 2 is 1.92 bits per heavy atom. The van der Waals surface area contributed by atoms with Crippen LogP contribution in [0.2, 0.25) is 0 Å². The third-order valence-electron chi connectivity index (χ3n) is 2.00. The van der Waals surface area contributed by atoms with Crippen molar-refractivity contribution in [3.05, 3.63) is 23.4 Å². The van der Waals surface area contributed by atoms with Crippen molar-refractivity contribution in [2.75, 3.05) is 5.73 Å². The van der Waals surface area contributed by atoms with E-state index in [-0.39, 0.29) is 0 Å². The van der Waals surface area contributed by atoms with E-state index in [0.29, 0.717) is 11.7 Å². The van der Waals surface area contributed by atoms with Crippen molar-refractivity contribution in [2.24, 2.45) is 0 Å². The van der Waals surface area contributed by atoms with Gasteiger partial charge in [-0.2, -0.15) is 0 Å². The Labute approximate surface area is 80.2 Å². The fourth-order valence-corrected chi connectivity index (χ4v) is 1.31. The Morgan fingerprint density at radius 1 is 1.31 bits per heavy atom. The van der Waals surface area contributed by atoms with Crippen molar-refractivity contribution in [1.82, 2.24) is 4.98 Å². The first-order valence-corrected chi connectivity index (χ1v) is 5.00. The molecule has 1 fully saturated rings. The van der Waals surface area contributed by atoms with Gasteiger partial charge in [0.15, 0.2) is 0 Å². The van der Waals surface area contributed by atoms with E-state index >= 15 is 0 Å². The Hall–Kier alpha value is -1.05. The van der Waals surface area contributed by atoms with E-state index in [1.165, 1.54) is 24.1 Å². The van der Waals surface area contributed by atoms with Gasteiger partial charge >= 0.3 is 0 Å². The zero-order chi connectivity index (χ0) is 9.84. The predicted molar refractivity (Wildman–Crippen MR) is 56.7 cm³/mol. The number of nitrogens with two attached hydrogens (primary N) is 1. The minimum Gasteiger partial charge on any atom is -0.384 e. The average molecular weight is 178 g/mol. The molecule has 0 radical (unpaired) electrons. The Balaban J connectivity index is 0.000000396. The number of pyridine rings is 1. The number of hydrogen-bond donors (Lipinski definition) is 1. The second kappa shape index (κ2) is 4.26. The molecule has 2 nitrogen and oxygen atoms in total. The van der Waals surface area contributed by atoms with Crippen LogP contribution in [0, 0.1) is 6.92 Å². The van der Waals surface area contributed by atoms with Crippen molar-refractivity contribution >= 4 is 5.82 Å². The highest BCUT2D eigenvalue weighted by atomic mass is 14.8. The molecule has 1 aliphatic carbocycles. The molecule has 2 rings (SSSR count). The Morgan fingerprint density at radius 3 is 2.38 bits per heavy atom. The van der Waals surface area contributed by atoms with E-state index in [4.69, 9.17) is 5.73 Å². The summed E-state index contributed by atoms with van der Waals surface area (Å²) in [6.07, 6.45) is 2.58. The maximum Gasteiger partial charge on any atom is 0.123 e. The summed E-state index contributed by atoms with van der Waals surface area (Å²) < 4.78 is 0. The van der Waals surface area contributed by atoms with Crippen LogP contribution >= 0.6 is 0 Å². The number of aryl methyl sites for hydroxylation is 1. The first kappa shape index (κ1) is 10.0. The fraction of sp³-hybridized carbons (Fsp3) is 0.545. The zero-order valence-corrected chi connectivity index (χ0v) is 8.67. The summed E-state index contributed by atoms with van der Waals surface area (Å²) in [6, 6.07) is 4.04. The topological polar surface area (TPSA) is 38.9 Å². The summed E-state index contributed by atoms with van der Waals surface area (Å²) in [5.74, 6) is 1.36. The molecule has 1 aromatic heterocycles. The minimum absolute atomic E-state index is 0.659. The van der Waals surface area contributed by atoms with Gasteiger partial charge in [0, 0.05) is 11.6 Å². The average Bonchev–Trinajstić information content (AvgIpc) is 2.88. The molecule has 1 heterocycles. The number of nitrogen functional groups attached to an aromatic ring is 1. The minimum atomic E-state index is 0.659. The lowest BCUT2D eigenvalue weighted by Crippen LogP contribution is -1.95. The molecule has 0 bridgehead atoms. The molecule has 0 amide bonds. The number of hydrogen-bond acceptors (Lipinski definition) is 2. The monoisotopic (exact) mass is 178 g/mol. The van der Waals surface area contributed by atoms with Crippen molar-refractivity contribution in [1.29, 1.82) is 0 Å². The van der Waals surface area contributed by atoms with Crippen molar-refractivity contribution < 1.29 is 0 Å². The normalized spacial score (nSPS) is 14.7. The van der Waals surface area contributed by atoms with E-state index in [0.717, 1.165) is 0 Å². The maximum absolute atomic E-state index is 5.61. The van der Waals surface area contributed by atoms with Gasteiger partial charge in [0.25, 0.3) is 0 Å². The first-order valence-electron chi connectivity index (χ1n) is 5.00. The molecule has 1 aromatic rings. The van der Waals surface area contributed by atoms with Gasteiger partial charge in [-0.1, -0.05) is 13.8 Å². The van der Waals surface area contributed by atoms with Gasteiger partial charge in [0.2, 0.25) is 0 Å². The van der Waals surface area contributed by atoms with E-state index < -0.39 is 0 Å². The van der Waals surface area contributed by atoms with Gasteiger partial charge in [-0.15, -0.1) is 0 Å². The molecular weight excluding hydrogens is 160 g/mol. The van der Waals surface area contributed by atoms with E-state index in [1.807, 2.05) is 19.9 Å². The lowest BCUT2D eigenvalue weighted by molar-refractivity contribution is 1.02. The smallest absolute Gasteiger partial charge is 0.123 e. The van der Waals surface area contributed by atoms with E-state index in [1.54, 1.807) is 0 Å². The summed E-state index contributed by atoms with van der Waals surface area (Å²) in [7, 11) is 0. The molecule has 0 saturated heterocycles. The predicted octanol–water partition coefficient (Wildman–Crippen LogP) is 2.88. The molecule has 0 spiro atoms. The summed E-state index contributed by atoms with van der Waals surface area (Å²) >= 11 is 0. The molecule has 13 heavy (non-hydrogen) atoms. The van der Waals surface area contributed by atoms with Crippen molar-refractivity contribution in [3.8, 4) is 0 Å². The van der Waals surface area contributed by atoms with Crippen molar-refractivity contribution in [2.45, 2.75) is 39.5 Å². The van der Waals surface area contributed by atoms with Crippen LogP contribution < -0.4 is 5.73 Å². The molecule has 1 aliphatic rings. The van der Waals surface area contributed by atoms with Crippen LogP contribution in [-0.4, -0.2) is 4.98 Å². The third-order valence-corrected chi connectivity index (χ3v) is 2.00. The molecule has 0 atom stereocenters. The molecular formula is C11H18N2. The lowest BCUT2D eigenvalue weighted by atomic mass is 10.2. The first-order chi connectivity index (χ1) is 6.25. The van der Waals surface area contributed by atoms with Crippen LogP contribution in [0.3, 0.4) is 0 Å². The molecule has 72 valence electrons. The van der Waals surface area contributed by atoms with Gasteiger partial charge in [-0.25, -0.2) is 4.98 Å². The Kier molecular flexibility index (Phi) is 3.29. The van der Waals surface area contributed by atoms with Crippen LogP contribution in [0.4, 0.5) is 5.82 Å². The Bertz CT molecular complexity index is 257. The van der Waals surface area contributed by atoms with Gasteiger partial charge in [-0.3, -0.25) is 0 Å². The van der Waals surface area contributed by atoms with Crippen LogP contribution in [0.5, 0.6) is 0 Å². The lowest BCUT2D eigenvalue weighted by Gasteiger charge is -2.00. The highest BCUT2D eigenvalue weighted by Crippen LogP contribution is 2.39. The quantitative estimate of drug-likeness (QED) is 0.718. The van der Waals surface area contributed by atoms with Crippen LogP contribution in [0.15, 0.2) is 12.1 Å². The standard InChI is InChI=1S/C9H12N2.C2H6/c1-6-4-8(7-2-3-7)11-9(10)5-6;1-2/h4-5,7H,2-3H2,1H3,(H2,10,11);1-2H3. The van der Waals surface area contributed by atoms with Crippen LogP contribution in [0.25, 0.3) is 0 Å². The van der Waals surface area contributed by atoms with Gasteiger partial charge in [-0.05, 0) is 37.5 Å². The number of rotatable bonds is 1. The van der Waals surface area contributed by atoms with Crippen molar-refractivity contribution in [3.63, 3.8) is 0 Å². The van der Waals surface area contributed by atoms with Gasteiger partial charge in [0.1, 0.15) is 5.82 Å². The number of anilines is 1. The second-order valence-corrected chi connectivity index (χ2v) is 3.27. The SMILES string of the molecule is CC.Cc1cc(N)nc(C2CC2)c1. The second-order valence-electron chi connectivity index (χ2n) is 3.27.